The van der Waals surface area contributed by atoms with Crippen molar-refractivity contribution in [2.45, 2.75) is 13.3 Å². The largest absolute Gasteiger partial charge is 0.364 e. The van der Waals surface area contributed by atoms with Crippen molar-refractivity contribution in [1.82, 2.24) is 9.97 Å². The van der Waals surface area contributed by atoms with Crippen molar-refractivity contribution in [1.29, 1.82) is 0 Å². The van der Waals surface area contributed by atoms with E-state index in [1.165, 1.54) is 11.2 Å². The van der Waals surface area contributed by atoms with Gasteiger partial charge in [-0.3, -0.25) is 10.1 Å². The van der Waals surface area contributed by atoms with Gasteiger partial charge in [-0.15, -0.1) is 11.3 Å². The van der Waals surface area contributed by atoms with E-state index in [0.29, 0.717) is 13.1 Å². The molecule has 3 aromatic rings. The van der Waals surface area contributed by atoms with E-state index in [1.807, 2.05) is 59.7 Å². The summed E-state index contributed by atoms with van der Waals surface area (Å²) in [6.45, 7) is 3.05. The third-order valence-corrected chi connectivity index (χ3v) is 4.81. The van der Waals surface area contributed by atoms with E-state index in [1.54, 1.807) is 11.3 Å². The van der Waals surface area contributed by atoms with Crippen molar-refractivity contribution in [3.8, 4) is 0 Å². The van der Waals surface area contributed by atoms with Gasteiger partial charge in [0.05, 0.1) is 4.92 Å². The van der Waals surface area contributed by atoms with Crippen molar-refractivity contribution >= 4 is 34.3 Å². The van der Waals surface area contributed by atoms with Crippen LogP contribution >= 0.6 is 11.3 Å². The van der Waals surface area contributed by atoms with Gasteiger partial charge in [0.1, 0.15) is 6.33 Å². The summed E-state index contributed by atoms with van der Waals surface area (Å²) in [7, 11) is 0. The lowest BCUT2D eigenvalue weighted by molar-refractivity contribution is -0.383. The van der Waals surface area contributed by atoms with Gasteiger partial charge in [-0.1, -0.05) is 24.3 Å². The summed E-state index contributed by atoms with van der Waals surface area (Å²) in [4.78, 5) is 22.7. The summed E-state index contributed by atoms with van der Waals surface area (Å²) in [5, 5.41) is 16.9. The van der Waals surface area contributed by atoms with Crippen LogP contribution in [-0.2, 0) is 6.42 Å². The minimum absolute atomic E-state index is 0.107. The summed E-state index contributed by atoms with van der Waals surface area (Å²) in [6, 6.07) is 13.5. The van der Waals surface area contributed by atoms with Gasteiger partial charge in [0, 0.05) is 23.7 Å². The number of nitrogens with one attached hydrogen (secondary N) is 1. The molecule has 0 aliphatic rings. The molecular weight excluding hydrogens is 350 g/mol. The lowest BCUT2D eigenvalue weighted by Crippen LogP contribution is -2.20. The molecule has 0 fully saturated rings. The van der Waals surface area contributed by atoms with E-state index in [2.05, 4.69) is 15.3 Å². The highest BCUT2D eigenvalue weighted by atomic mass is 32.1. The number of hydrogen-bond acceptors (Lipinski definition) is 7. The Labute approximate surface area is 155 Å². The molecule has 0 radical (unpaired) electrons. The van der Waals surface area contributed by atoms with Gasteiger partial charge in [-0.05, 0) is 36.9 Å². The minimum atomic E-state index is -0.422. The average Bonchev–Trinajstić information content (AvgIpc) is 3.17. The van der Waals surface area contributed by atoms with E-state index in [0.717, 1.165) is 12.1 Å². The first-order chi connectivity index (χ1) is 12.7. The molecule has 8 heteroatoms. The van der Waals surface area contributed by atoms with Crippen molar-refractivity contribution in [3.63, 3.8) is 0 Å². The molecule has 0 amide bonds. The molecule has 0 saturated carbocycles. The Hall–Kier alpha value is -3.00. The Kier molecular flexibility index (Phi) is 5.75. The fourth-order valence-corrected chi connectivity index (χ4v) is 3.39. The molecule has 0 unspecified atom stereocenters. The Balaban J connectivity index is 1.89. The van der Waals surface area contributed by atoms with Crippen LogP contribution in [0.2, 0.25) is 0 Å². The second kappa shape index (κ2) is 8.39. The van der Waals surface area contributed by atoms with E-state index < -0.39 is 4.92 Å². The van der Waals surface area contributed by atoms with Crippen molar-refractivity contribution in [2.75, 3.05) is 23.3 Å². The van der Waals surface area contributed by atoms with Gasteiger partial charge in [0.2, 0.25) is 11.6 Å². The predicted octanol–water partition coefficient (Wildman–Crippen LogP) is 4.26. The summed E-state index contributed by atoms with van der Waals surface area (Å²) < 4.78 is 0. The number of benzene rings is 1. The molecule has 0 aliphatic carbocycles. The molecular formula is C18H19N5O2S. The topological polar surface area (TPSA) is 84.2 Å². The lowest BCUT2D eigenvalue weighted by atomic mass is 10.2. The second-order valence-corrected chi connectivity index (χ2v) is 6.52. The minimum Gasteiger partial charge on any atom is -0.364 e. The highest BCUT2D eigenvalue weighted by molar-refractivity contribution is 7.09. The maximum Gasteiger partial charge on any atom is 0.353 e. The Morgan fingerprint density at radius 1 is 1.19 bits per heavy atom. The third kappa shape index (κ3) is 3.97. The van der Waals surface area contributed by atoms with E-state index in [4.69, 9.17) is 0 Å². The number of thiophene rings is 1. The first-order valence-corrected chi connectivity index (χ1v) is 9.17. The SMILES string of the molecule is CCN(c1ccccc1)c1ncnc(NCCc2cccs2)c1[N+](=O)[O-]. The Morgan fingerprint density at radius 2 is 2.00 bits per heavy atom. The van der Waals surface area contributed by atoms with Crippen molar-refractivity contribution in [2.24, 2.45) is 0 Å². The molecule has 0 bridgehead atoms. The number of para-hydroxylation sites is 1. The van der Waals surface area contributed by atoms with Crippen LogP contribution in [-0.4, -0.2) is 28.0 Å². The van der Waals surface area contributed by atoms with Gasteiger partial charge in [-0.25, -0.2) is 9.97 Å². The summed E-state index contributed by atoms with van der Waals surface area (Å²) in [6.07, 6.45) is 2.14. The van der Waals surface area contributed by atoms with Crippen LogP contribution < -0.4 is 10.2 Å². The van der Waals surface area contributed by atoms with Gasteiger partial charge >= 0.3 is 5.69 Å². The normalized spacial score (nSPS) is 10.5. The maximum absolute atomic E-state index is 11.7. The molecule has 1 N–H and O–H groups in total. The van der Waals surface area contributed by atoms with Gasteiger partial charge in [0.25, 0.3) is 0 Å². The highest BCUT2D eigenvalue weighted by Gasteiger charge is 2.27. The smallest absolute Gasteiger partial charge is 0.353 e. The lowest BCUT2D eigenvalue weighted by Gasteiger charge is -2.22. The molecule has 134 valence electrons. The number of nitro groups is 1. The third-order valence-electron chi connectivity index (χ3n) is 3.87. The number of nitrogens with zero attached hydrogens (tertiary/aromatic N) is 4. The van der Waals surface area contributed by atoms with Crippen LogP contribution in [0.3, 0.4) is 0 Å². The summed E-state index contributed by atoms with van der Waals surface area (Å²) in [5.41, 5.74) is 0.741. The maximum atomic E-state index is 11.7. The molecule has 3 rings (SSSR count). The fourth-order valence-electron chi connectivity index (χ4n) is 2.69. The van der Waals surface area contributed by atoms with Gasteiger partial charge < -0.3 is 10.2 Å². The quantitative estimate of drug-likeness (QED) is 0.472. The van der Waals surface area contributed by atoms with Crippen molar-refractivity contribution in [3.05, 3.63) is 69.2 Å². The zero-order valence-corrected chi connectivity index (χ0v) is 15.1. The first-order valence-electron chi connectivity index (χ1n) is 8.29. The van der Waals surface area contributed by atoms with Crippen LogP contribution in [0, 0.1) is 10.1 Å². The molecule has 26 heavy (non-hydrogen) atoms. The number of rotatable bonds is 8. The Morgan fingerprint density at radius 3 is 2.65 bits per heavy atom. The van der Waals surface area contributed by atoms with E-state index >= 15 is 0 Å². The summed E-state index contributed by atoms with van der Waals surface area (Å²) in [5.74, 6) is 0.531. The van der Waals surface area contributed by atoms with Crippen LogP contribution in [0.1, 0.15) is 11.8 Å². The predicted molar refractivity (Wildman–Crippen MR) is 104 cm³/mol. The molecule has 0 atom stereocenters. The van der Waals surface area contributed by atoms with Gasteiger partial charge in [-0.2, -0.15) is 0 Å². The van der Waals surface area contributed by atoms with Gasteiger partial charge in [0.15, 0.2) is 0 Å². The fraction of sp³-hybridized carbons (Fsp3) is 0.222. The monoisotopic (exact) mass is 369 g/mol. The number of aromatic nitrogens is 2. The molecule has 1 aromatic carbocycles. The second-order valence-electron chi connectivity index (χ2n) is 5.49. The molecule has 2 aromatic heterocycles. The van der Waals surface area contributed by atoms with Crippen LogP contribution in [0.4, 0.5) is 23.0 Å². The Bertz CT molecular complexity index is 855. The first kappa shape index (κ1) is 17.8. The molecule has 0 spiro atoms. The zero-order valence-electron chi connectivity index (χ0n) is 14.3. The molecule has 7 nitrogen and oxygen atoms in total. The highest BCUT2D eigenvalue weighted by Crippen LogP contribution is 2.35. The zero-order chi connectivity index (χ0) is 18.4. The molecule has 0 aliphatic heterocycles. The number of anilines is 3. The standard InChI is InChI=1S/C18H19N5O2S/c1-2-22(14-7-4-3-5-8-14)18-16(23(24)25)17(20-13-21-18)19-11-10-15-9-6-12-26-15/h3-9,12-13H,2,10-11H2,1H3,(H,19,20,21). The van der Waals surface area contributed by atoms with E-state index in [-0.39, 0.29) is 17.3 Å². The molecule has 2 heterocycles. The van der Waals surface area contributed by atoms with Crippen LogP contribution in [0.5, 0.6) is 0 Å². The number of hydrogen-bond donors (Lipinski definition) is 1. The van der Waals surface area contributed by atoms with Crippen LogP contribution in [0.15, 0.2) is 54.2 Å². The average molecular weight is 369 g/mol. The molecule has 0 saturated heterocycles. The van der Waals surface area contributed by atoms with Crippen molar-refractivity contribution < 1.29 is 4.92 Å². The van der Waals surface area contributed by atoms with Crippen LogP contribution in [0.25, 0.3) is 0 Å². The summed E-state index contributed by atoms with van der Waals surface area (Å²) >= 11 is 1.66. The van der Waals surface area contributed by atoms with E-state index in [9.17, 15) is 10.1 Å².